The third-order valence-electron chi connectivity index (χ3n) is 6.36. The van der Waals surface area contributed by atoms with Crippen LogP contribution in [0.2, 0.25) is 0 Å². The highest BCUT2D eigenvalue weighted by molar-refractivity contribution is 7.17. The number of hydrogen-bond donors (Lipinski definition) is 0. The lowest BCUT2D eigenvalue weighted by Crippen LogP contribution is -2.40. The minimum atomic E-state index is -0.0766. The lowest BCUT2D eigenvalue weighted by atomic mass is 9.73. The van der Waals surface area contributed by atoms with Crippen LogP contribution in [0.4, 0.5) is 0 Å². The first-order chi connectivity index (χ1) is 12.1. The monoisotopic (exact) mass is 356 g/mol. The van der Waals surface area contributed by atoms with Crippen LogP contribution in [-0.2, 0) is 4.74 Å². The minimum absolute atomic E-state index is 0.0766. The number of amides is 1. The summed E-state index contributed by atoms with van der Waals surface area (Å²) in [6.45, 7) is 2.67. The van der Waals surface area contributed by atoms with Gasteiger partial charge in [0.25, 0.3) is 5.91 Å². The molecule has 4 atom stereocenters. The van der Waals surface area contributed by atoms with Crippen molar-refractivity contribution in [3.8, 4) is 0 Å². The molecule has 2 bridgehead atoms. The maximum absolute atomic E-state index is 13.2. The van der Waals surface area contributed by atoms with Crippen molar-refractivity contribution in [3.63, 3.8) is 0 Å². The molecule has 3 fully saturated rings. The van der Waals surface area contributed by atoms with Crippen LogP contribution in [0.1, 0.15) is 23.2 Å². The van der Waals surface area contributed by atoms with Gasteiger partial charge in [0.2, 0.25) is 0 Å². The molecule has 1 amide bonds. The minimum Gasteiger partial charge on any atom is -0.369 e. The molecule has 1 aromatic heterocycles. The Morgan fingerprint density at radius 1 is 1.40 bits per heavy atom. The Labute approximate surface area is 152 Å². The molecule has 3 aliphatic rings. The summed E-state index contributed by atoms with van der Waals surface area (Å²) in [4.78, 5) is 17.5. The van der Waals surface area contributed by atoms with E-state index in [0.717, 1.165) is 43.4 Å². The molecule has 0 unspecified atom stereocenters. The second-order valence-electron chi connectivity index (χ2n) is 8.12. The van der Waals surface area contributed by atoms with Crippen molar-refractivity contribution >= 4 is 27.3 Å². The van der Waals surface area contributed by atoms with Crippen LogP contribution in [0.5, 0.6) is 0 Å². The number of carbonyl (C=O) groups excluding carboxylic acids is 1. The van der Waals surface area contributed by atoms with Crippen LogP contribution in [0, 0.1) is 11.8 Å². The molecule has 4 nitrogen and oxygen atoms in total. The quantitative estimate of drug-likeness (QED) is 0.847. The van der Waals surface area contributed by atoms with Crippen molar-refractivity contribution in [3.05, 3.63) is 35.2 Å². The van der Waals surface area contributed by atoms with Crippen LogP contribution < -0.4 is 0 Å². The van der Waals surface area contributed by atoms with E-state index in [1.54, 1.807) is 11.3 Å². The Bertz CT molecular complexity index is 832. The zero-order chi connectivity index (χ0) is 17.2. The van der Waals surface area contributed by atoms with Gasteiger partial charge in [-0.3, -0.25) is 4.79 Å². The summed E-state index contributed by atoms with van der Waals surface area (Å²) in [6, 6.07) is 8.20. The van der Waals surface area contributed by atoms with E-state index < -0.39 is 0 Å². The van der Waals surface area contributed by atoms with Gasteiger partial charge in [-0.15, -0.1) is 11.3 Å². The van der Waals surface area contributed by atoms with Gasteiger partial charge < -0.3 is 14.5 Å². The van der Waals surface area contributed by atoms with Crippen LogP contribution >= 0.6 is 11.3 Å². The number of thiophene rings is 1. The predicted molar refractivity (Wildman–Crippen MR) is 100 cm³/mol. The first kappa shape index (κ1) is 15.8. The number of nitrogens with zero attached hydrogens (tertiary/aromatic N) is 2. The van der Waals surface area contributed by atoms with Crippen LogP contribution in [0.3, 0.4) is 0 Å². The van der Waals surface area contributed by atoms with E-state index in [1.807, 2.05) is 17.5 Å². The summed E-state index contributed by atoms with van der Waals surface area (Å²) >= 11 is 1.66. The highest BCUT2D eigenvalue weighted by atomic mass is 32.1. The standard InChI is InChI=1S/C20H24N2O2S/c1-21(2)9-14-16-10-22(12-20(16)8-7-17(14)24-20)19(23)15-11-25-18-6-4-3-5-13(15)18/h3-6,11,14,16-17H,7-10,12H2,1-2H3/t14-,16+,17+,20+/m0/s1. The molecule has 1 aromatic carbocycles. The molecule has 25 heavy (non-hydrogen) atoms. The SMILES string of the molecule is CN(C)C[C@H]1[C@H]2CN(C(=O)c3csc4ccccc34)C[C@]23CC[C@H]1O3. The van der Waals surface area contributed by atoms with Gasteiger partial charge in [0.05, 0.1) is 23.8 Å². The first-order valence-corrected chi connectivity index (χ1v) is 10.0. The number of benzene rings is 1. The molecule has 5 rings (SSSR count). The summed E-state index contributed by atoms with van der Waals surface area (Å²) in [5, 5.41) is 3.11. The number of hydrogen-bond acceptors (Lipinski definition) is 4. The van der Waals surface area contributed by atoms with Gasteiger partial charge >= 0.3 is 0 Å². The molecule has 0 N–H and O–H groups in total. The normalized spacial score (nSPS) is 33.6. The second kappa shape index (κ2) is 5.53. The van der Waals surface area contributed by atoms with Crippen molar-refractivity contribution in [1.29, 1.82) is 0 Å². The highest BCUT2D eigenvalue weighted by Gasteiger charge is 2.63. The molecule has 5 heteroatoms. The summed E-state index contributed by atoms with van der Waals surface area (Å²) in [5.41, 5.74) is 0.781. The van der Waals surface area contributed by atoms with Crippen molar-refractivity contribution < 1.29 is 9.53 Å². The van der Waals surface area contributed by atoms with Gasteiger partial charge in [-0.1, -0.05) is 18.2 Å². The molecule has 2 aromatic rings. The van der Waals surface area contributed by atoms with Gasteiger partial charge in [-0.25, -0.2) is 0 Å². The molecular weight excluding hydrogens is 332 g/mol. The summed E-state index contributed by atoms with van der Waals surface area (Å²) in [5.74, 6) is 1.22. The average molecular weight is 356 g/mol. The zero-order valence-corrected chi connectivity index (χ0v) is 15.6. The van der Waals surface area contributed by atoms with Crippen LogP contribution in [0.25, 0.3) is 10.1 Å². The van der Waals surface area contributed by atoms with Gasteiger partial charge in [-0.2, -0.15) is 0 Å². The lowest BCUT2D eigenvalue weighted by molar-refractivity contribution is 0.00259. The van der Waals surface area contributed by atoms with E-state index >= 15 is 0 Å². The first-order valence-electron chi connectivity index (χ1n) is 9.15. The Morgan fingerprint density at radius 2 is 2.24 bits per heavy atom. The van der Waals surface area contributed by atoms with Gasteiger partial charge in [0.15, 0.2) is 0 Å². The second-order valence-corrected chi connectivity index (χ2v) is 9.03. The molecule has 0 radical (unpaired) electrons. The van der Waals surface area contributed by atoms with Crippen LogP contribution in [0.15, 0.2) is 29.6 Å². The third-order valence-corrected chi connectivity index (χ3v) is 7.32. The Hall–Kier alpha value is -1.43. The molecule has 0 saturated carbocycles. The summed E-state index contributed by atoms with van der Waals surface area (Å²) in [7, 11) is 4.27. The molecule has 3 saturated heterocycles. The molecule has 4 heterocycles. The fraction of sp³-hybridized carbons (Fsp3) is 0.550. The average Bonchev–Trinajstić information content (AvgIpc) is 3.33. The van der Waals surface area contributed by atoms with E-state index in [4.69, 9.17) is 4.74 Å². The Balaban J connectivity index is 1.43. The van der Waals surface area contributed by atoms with Gasteiger partial charge in [-0.05, 0) is 33.0 Å². The Morgan fingerprint density at radius 3 is 3.08 bits per heavy atom. The van der Waals surface area contributed by atoms with Crippen LogP contribution in [-0.4, -0.2) is 61.1 Å². The predicted octanol–water partition coefficient (Wildman–Crippen LogP) is 3.08. The molecule has 132 valence electrons. The van der Waals surface area contributed by atoms with Crippen molar-refractivity contribution in [2.24, 2.45) is 11.8 Å². The summed E-state index contributed by atoms with van der Waals surface area (Å²) < 4.78 is 7.65. The fourth-order valence-corrected chi connectivity index (χ4v) is 6.26. The smallest absolute Gasteiger partial charge is 0.255 e. The number of carbonyl (C=O) groups is 1. The Kier molecular flexibility index (Phi) is 3.50. The zero-order valence-electron chi connectivity index (χ0n) is 14.8. The fourth-order valence-electron chi connectivity index (χ4n) is 5.32. The maximum atomic E-state index is 13.2. The van der Waals surface area contributed by atoms with E-state index in [9.17, 15) is 4.79 Å². The molecule has 0 aliphatic carbocycles. The number of likely N-dealkylation sites (tertiary alicyclic amines) is 1. The molecule has 3 aliphatic heterocycles. The van der Waals surface area contributed by atoms with Crippen molar-refractivity contribution in [1.82, 2.24) is 9.80 Å². The lowest BCUT2D eigenvalue weighted by Gasteiger charge is -2.30. The van der Waals surface area contributed by atoms with Gasteiger partial charge in [0, 0.05) is 40.4 Å². The summed E-state index contributed by atoms with van der Waals surface area (Å²) in [6.07, 6.45) is 2.66. The van der Waals surface area contributed by atoms with E-state index in [-0.39, 0.29) is 11.5 Å². The number of ether oxygens (including phenoxy) is 1. The largest absolute Gasteiger partial charge is 0.369 e. The highest BCUT2D eigenvalue weighted by Crippen LogP contribution is 2.55. The van der Waals surface area contributed by atoms with E-state index in [0.29, 0.717) is 17.9 Å². The topological polar surface area (TPSA) is 32.8 Å². The van der Waals surface area contributed by atoms with E-state index in [1.165, 1.54) is 4.70 Å². The molecular formula is C20H24N2O2S. The number of fused-ring (bicyclic) bond motifs is 2. The molecule has 1 spiro atoms. The van der Waals surface area contributed by atoms with Crippen molar-refractivity contribution in [2.45, 2.75) is 24.5 Å². The number of rotatable bonds is 3. The van der Waals surface area contributed by atoms with Crippen molar-refractivity contribution in [2.75, 3.05) is 33.7 Å². The maximum Gasteiger partial charge on any atom is 0.255 e. The third kappa shape index (κ3) is 2.29. The van der Waals surface area contributed by atoms with E-state index in [2.05, 4.69) is 36.0 Å². The van der Waals surface area contributed by atoms with Gasteiger partial charge in [0.1, 0.15) is 0 Å².